The molecule has 1 aromatic heterocycles. The van der Waals surface area contributed by atoms with Crippen LogP contribution in [0.2, 0.25) is 0 Å². The Morgan fingerprint density at radius 3 is 2.54 bits per heavy atom. The molecule has 0 aliphatic carbocycles. The molecule has 1 heterocycles. The molecule has 0 bridgehead atoms. The van der Waals surface area contributed by atoms with Crippen LogP contribution in [0.15, 0.2) is 23.1 Å². The fourth-order valence-electron chi connectivity index (χ4n) is 2.13. The van der Waals surface area contributed by atoms with Gasteiger partial charge in [-0.3, -0.25) is 29.1 Å². The molecule has 0 aromatic carbocycles. The molecular weight excluding hydrogens is 318 g/mol. The molecule has 1 amide bonds. The third-order valence-electron chi connectivity index (χ3n) is 3.62. The van der Waals surface area contributed by atoms with E-state index in [1.165, 1.54) is 13.8 Å². The Kier molecular flexibility index (Phi) is 6.63. The lowest BCUT2D eigenvalue weighted by molar-refractivity contribution is -0.385. The van der Waals surface area contributed by atoms with Crippen molar-refractivity contribution in [3.63, 3.8) is 0 Å². The van der Waals surface area contributed by atoms with E-state index in [0.717, 1.165) is 22.9 Å². The van der Waals surface area contributed by atoms with Gasteiger partial charge in [-0.15, -0.1) is 0 Å². The average Bonchev–Trinajstić information content (AvgIpc) is 2.50. The monoisotopic (exact) mass is 339 g/mol. The molecule has 0 aliphatic rings. The van der Waals surface area contributed by atoms with Gasteiger partial charge in [-0.05, 0) is 26.7 Å². The summed E-state index contributed by atoms with van der Waals surface area (Å²) in [4.78, 5) is 44.8. The van der Waals surface area contributed by atoms with Gasteiger partial charge in [0.05, 0.1) is 11.1 Å². The second kappa shape index (κ2) is 8.23. The van der Waals surface area contributed by atoms with Crippen LogP contribution in [0.25, 0.3) is 0 Å². The first kappa shape index (κ1) is 19.3. The molecule has 0 unspecified atom stereocenters. The normalized spacial score (nSPS) is 11.1. The van der Waals surface area contributed by atoms with Crippen molar-refractivity contribution in [2.45, 2.75) is 45.1 Å². The van der Waals surface area contributed by atoms with Crippen LogP contribution < -0.4 is 10.9 Å². The second-order valence-electron chi connectivity index (χ2n) is 5.87. The van der Waals surface area contributed by atoms with Gasteiger partial charge in [-0.25, -0.2) is 0 Å². The number of aromatic nitrogens is 1. The number of aliphatic carboxylic acids is 1. The van der Waals surface area contributed by atoms with Crippen LogP contribution in [-0.4, -0.2) is 33.0 Å². The van der Waals surface area contributed by atoms with Gasteiger partial charge in [0, 0.05) is 25.1 Å². The first-order valence-corrected chi connectivity index (χ1v) is 7.54. The summed E-state index contributed by atoms with van der Waals surface area (Å²) < 4.78 is 1.03. The van der Waals surface area contributed by atoms with Crippen molar-refractivity contribution in [3.05, 3.63) is 38.8 Å². The highest BCUT2D eigenvalue weighted by Gasteiger charge is 2.31. The molecule has 2 N–H and O–H groups in total. The van der Waals surface area contributed by atoms with Crippen molar-refractivity contribution < 1.29 is 19.6 Å². The molecule has 9 nitrogen and oxygen atoms in total. The van der Waals surface area contributed by atoms with E-state index in [0.29, 0.717) is 25.8 Å². The number of carbonyl (C=O) groups excluding carboxylic acids is 1. The van der Waals surface area contributed by atoms with E-state index in [2.05, 4.69) is 5.32 Å². The number of nitro groups is 1. The summed E-state index contributed by atoms with van der Waals surface area (Å²) in [7, 11) is 0. The molecule has 9 heteroatoms. The van der Waals surface area contributed by atoms with Crippen LogP contribution in [0.3, 0.4) is 0 Å². The van der Waals surface area contributed by atoms with Crippen molar-refractivity contribution in [3.8, 4) is 0 Å². The Labute approximate surface area is 138 Å². The van der Waals surface area contributed by atoms with Gasteiger partial charge in [0.15, 0.2) is 0 Å². The van der Waals surface area contributed by atoms with Crippen LogP contribution in [0, 0.1) is 10.1 Å². The first-order valence-electron chi connectivity index (χ1n) is 7.54. The first-order chi connectivity index (χ1) is 11.2. The zero-order valence-electron chi connectivity index (χ0n) is 13.7. The van der Waals surface area contributed by atoms with Crippen molar-refractivity contribution in [2.24, 2.45) is 0 Å². The maximum atomic E-state index is 12.3. The summed E-state index contributed by atoms with van der Waals surface area (Å²) in [5.41, 5.74) is -2.07. The summed E-state index contributed by atoms with van der Waals surface area (Å²) in [5.74, 6) is -1.30. The van der Waals surface area contributed by atoms with Crippen molar-refractivity contribution in [2.75, 3.05) is 6.54 Å². The number of carbonyl (C=O) groups is 2. The molecule has 132 valence electrons. The number of amides is 1. The van der Waals surface area contributed by atoms with E-state index in [9.17, 15) is 24.5 Å². The summed E-state index contributed by atoms with van der Waals surface area (Å²) in [6.07, 6.45) is 2.93. The predicted molar refractivity (Wildman–Crippen MR) is 85.8 cm³/mol. The van der Waals surface area contributed by atoms with Crippen LogP contribution in [0.4, 0.5) is 5.69 Å². The van der Waals surface area contributed by atoms with E-state index < -0.39 is 27.9 Å². The molecule has 0 fully saturated rings. The Balaban J connectivity index is 2.69. The standard InChI is InChI=1S/C15H21N3O6/c1-15(2,14(22)16-9-5-3-4-6-13(20)21)17-10-11(18(23)24)7-8-12(17)19/h7-8,10H,3-6,9H2,1-2H3,(H,16,22)(H,20,21). The summed E-state index contributed by atoms with van der Waals surface area (Å²) in [6, 6.07) is 2.15. The van der Waals surface area contributed by atoms with Gasteiger partial charge in [0.2, 0.25) is 5.91 Å². The third-order valence-corrected chi connectivity index (χ3v) is 3.62. The smallest absolute Gasteiger partial charge is 0.303 e. The molecule has 0 radical (unpaired) electrons. The Hall–Kier alpha value is -2.71. The quantitative estimate of drug-likeness (QED) is 0.395. The molecule has 0 spiro atoms. The number of carboxylic acid groups (broad SMARTS) is 1. The highest BCUT2D eigenvalue weighted by Crippen LogP contribution is 2.16. The van der Waals surface area contributed by atoms with Gasteiger partial charge in [-0.1, -0.05) is 6.42 Å². The number of hydrogen-bond acceptors (Lipinski definition) is 5. The molecule has 1 rings (SSSR count). The SMILES string of the molecule is CC(C)(C(=O)NCCCCCC(=O)O)n1cc([N+](=O)[O-])ccc1=O. The molecular formula is C15H21N3O6. The number of carboxylic acids is 1. The molecule has 0 saturated heterocycles. The maximum absolute atomic E-state index is 12.3. The molecule has 24 heavy (non-hydrogen) atoms. The van der Waals surface area contributed by atoms with E-state index >= 15 is 0 Å². The minimum atomic E-state index is -1.29. The Morgan fingerprint density at radius 2 is 1.96 bits per heavy atom. The zero-order valence-corrected chi connectivity index (χ0v) is 13.7. The number of rotatable bonds is 9. The van der Waals surface area contributed by atoms with Crippen molar-refractivity contribution in [1.29, 1.82) is 0 Å². The van der Waals surface area contributed by atoms with E-state index in [4.69, 9.17) is 5.11 Å². The third kappa shape index (κ3) is 5.18. The highest BCUT2D eigenvalue weighted by atomic mass is 16.6. The van der Waals surface area contributed by atoms with Gasteiger partial charge >= 0.3 is 5.97 Å². The lowest BCUT2D eigenvalue weighted by Gasteiger charge is -2.26. The number of nitrogens with one attached hydrogen (secondary N) is 1. The molecule has 0 aliphatic heterocycles. The summed E-state index contributed by atoms with van der Waals surface area (Å²) in [6.45, 7) is 3.33. The topological polar surface area (TPSA) is 132 Å². The lowest BCUT2D eigenvalue weighted by atomic mass is 10.0. The second-order valence-corrected chi connectivity index (χ2v) is 5.87. The summed E-state index contributed by atoms with van der Waals surface area (Å²) in [5, 5.41) is 22.0. The number of nitrogens with zero attached hydrogens (tertiary/aromatic N) is 2. The van der Waals surface area contributed by atoms with Crippen LogP contribution in [-0.2, 0) is 15.1 Å². The fraction of sp³-hybridized carbons (Fsp3) is 0.533. The number of pyridine rings is 1. The zero-order chi connectivity index (χ0) is 18.3. The summed E-state index contributed by atoms with van der Waals surface area (Å²) >= 11 is 0. The van der Waals surface area contributed by atoms with E-state index in [1.54, 1.807) is 0 Å². The average molecular weight is 339 g/mol. The van der Waals surface area contributed by atoms with Crippen LogP contribution in [0.1, 0.15) is 39.5 Å². The molecule has 1 aromatic rings. The minimum Gasteiger partial charge on any atom is -0.481 e. The molecule has 0 atom stereocenters. The maximum Gasteiger partial charge on any atom is 0.303 e. The van der Waals surface area contributed by atoms with Gasteiger partial charge < -0.3 is 10.4 Å². The van der Waals surface area contributed by atoms with Crippen LogP contribution >= 0.6 is 0 Å². The number of hydrogen-bond donors (Lipinski definition) is 2. The minimum absolute atomic E-state index is 0.0858. The largest absolute Gasteiger partial charge is 0.481 e. The van der Waals surface area contributed by atoms with Gasteiger partial charge in [-0.2, -0.15) is 0 Å². The Morgan fingerprint density at radius 1 is 1.29 bits per heavy atom. The number of unbranched alkanes of at least 4 members (excludes halogenated alkanes) is 2. The van der Waals surface area contributed by atoms with Gasteiger partial charge in [0.1, 0.15) is 5.54 Å². The van der Waals surface area contributed by atoms with Crippen molar-refractivity contribution >= 4 is 17.6 Å². The van der Waals surface area contributed by atoms with E-state index in [1.807, 2.05) is 0 Å². The fourth-order valence-corrected chi connectivity index (χ4v) is 2.13. The predicted octanol–water partition coefficient (Wildman–Crippen LogP) is 1.25. The van der Waals surface area contributed by atoms with Gasteiger partial charge in [0.25, 0.3) is 11.2 Å². The van der Waals surface area contributed by atoms with E-state index in [-0.39, 0.29) is 12.1 Å². The van der Waals surface area contributed by atoms with Crippen molar-refractivity contribution in [1.82, 2.24) is 9.88 Å². The molecule has 0 saturated carbocycles. The highest BCUT2D eigenvalue weighted by molar-refractivity contribution is 5.83. The van der Waals surface area contributed by atoms with Crippen LogP contribution in [0.5, 0.6) is 0 Å². The lowest BCUT2D eigenvalue weighted by Crippen LogP contribution is -2.48. The Bertz CT molecular complexity index is 680.